The maximum absolute atomic E-state index is 6.44. The van der Waals surface area contributed by atoms with Gasteiger partial charge in [-0.25, -0.2) is 9.97 Å². The van der Waals surface area contributed by atoms with Gasteiger partial charge in [-0.05, 0) is 37.3 Å². The van der Waals surface area contributed by atoms with Crippen molar-refractivity contribution in [3.05, 3.63) is 36.2 Å². The fourth-order valence-electron chi connectivity index (χ4n) is 3.51. The van der Waals surface area contributed by atoms with Crippen LogP contribution in [0.25, 0.3) is 0 Å². The van der Waals surface area contributed by atoms with E-state index in [2.05, 4.69) is 44.0 Å². The highest BCUT2D eigenvalue weighted by molar-refractivity contribution is 5.81. The third-order valence-electron chi connectivity index (χ3n) is 4.64. The smallest absolute Gasteiger partial charge is 0.161 e. The number of nitrogen functional groups attached to an aromatic ring is 1. The molecule has 2 aliphatic rings. The lowest BCUT2D eigenvalue weighted by atomic mass is 10.1. The van der Waals surface area contributed by atoms with E-state index in [1.807, 2.05) is 0 Å². The fourth-order valence-corrected chi connectivity index (χ4v) is 3.51. The highest BCUT2D eigenvalue weighted by atomic mass is 15.3. The zero-order valence-electron chi connectivity index (χ0n) is 12.7. The summed E-state index contributed by atoms with van der Waals surface area (Å²) in [5.41, 5.74) is 9.73. The van der Waals surface area contributed by atoms with Gasteiger partial charge in [0, 0.05) is 25.3 Å². The van der Waals surface area contributed by atoms with Gasteiger partial charge in [-0.15, -0.1) is 0 Å². The van der Waals surface area contributed by atoms with Crippen LogP contribution in [0.4, 0.5) is 23.0 Å². The maximum Gasteiger partial charge on any atom is 0.161 e. The van der Waals surface area contributed by atoms with E-state index in [0.29, 0.717) is 5.69 Å². The van der Waals surface area contributed by atoms with Crippen LogP contribution in [0.1, 0.15) is 24.8 Å². The third-order valence-corrected chi connectivity index (χ3v) is 4.64. The summed E-state index contributed by atoms with van der Waals surface area (Å²) in [5, 5.41) is 0. The van der Waals surface area contributed by atoms with Gasteiger partial charge in [-0.1, -0.05) is 18.2 Å². The molecule has 2 aromatic rings. The lowest BCUT2D eigenvalue weighted by molar-refractivity contribution is 0.573. The molecule has 2 aliphatic heterocycles. The van der Waals surface area contributed by atoms with Crippen molar-refractivity contribution in [2.75, 3.05) is 35.2 Å². The Morgan fingerprint density at radius 2 is 1.68 bits per heavy atom. The average molecular weight is 295 g/mol. The number of anilines is 4. The first-order valence-corrected chi connectivity index (χ1v) is 8.05. The zero-order valence-corrected chi connectivity index (χ0v) is 12.7. The van der Waals surface area contributed by atoms with Crippen molar-refractivity contribution in [2.45, 2.75) is 25.7 Å². The van der Waals surface area contributed by atoms with E-state index in [4.69, 9.17) is 5.73 Å². The molecule has 0 spiro atoms. The highest BCUT2D eigenvalue weighted by Crippen LogP contribution is 2.38. The van der Waals surface area contributed by atoms with E-state index in [0.717, 1.165) is 37.7 Å². The van der Waals surface area contributed by atoms with Gasteiger partial charge in [-0.2, -0.15) is 0 Å². The Morgan fingerprint density at radius 1 is 0.909 bits per heavy atom. The number of aromatic nitrogens is 2. The number of nitrogens with zero attached hydrogens (tertiary/aromatic N) is 4. The number of piperidine rings is 1. The van der Waals surface area contributed by atoms with Crippen molar-refractivity contribution in [2.24, 2.45) is 0 Å². The fraction of sp³-hybridized carbons (Fsp3) is 0.412. The Balaban J connectivity index is 1.71. The van der Waals surface area contributed by atoms with Gasteiger partial charge < -0.3 is 15.5 Å². The van der Waals surface area contributed by atoms with Crippen molar-refractivity contribution in [1.82, 2.24) is 9.97 Å². The quantitative estimate of drug-likeness (QED) is 0.923. The topological polar surface area (TPSA) is 58.3 Å². The summed E-state index contributed by atoms with van der Waals surface area (Å²) < 4.78 is 0. The van der Waals surface area contributed by atoms with Gasteiger partial charge in [-0.3, -0.25) is 0 Å². The van der Waals surface area contributed by atoms with E-state index < -0.39 is 0 Å². The largest absolute Gasteiger partial charge is 0.393 e. The van der Waals surface area contributed by atoms with Crippen LogP contribution in [0.5, 0.6) is 0 Å². The normalized spacial score (nSPS) is 17.6. The number of benzene rings is 1. The highest BCUT2D eigenvalue weighted by Gasteiger charge is 2.25. The molecule has 0 unspecified atom stereocenters. The SMILES string of the molecule is Nc1c(N2CCCCC2)ncnc1N1CCc2ccccc21. The Bertz CT molecular complexity index is 678. The Labute approximate surface area is 130 Å². The van der Waals surface area contributed by atoms with Crippen molar-refractivity contribution in [3.63, 3.8) is 0 Å². The number of hydrogen-bond acceptors (Lipinski definition) is 5. The summed E-state index contributed by atoms with van der Waals surface area (Å²) >= 11 is 0. The molecule has 0 amide bonds. The van der Waals surface area contributed by atoms with Gasteiger partial charge >= 0.3 is 0 Å². The average Bonchev–Trinajstić information content (AvgIpc) is 3.00. The lowest BCUT2D eigenvalue weighted by Gasteiger charge is -2.30. The summed E-state index contributed by atoms with van der Waals surface area (Å²) in [6.45, 7) is 3.01. The molecular weight excluding hydrogens is 274 g/mol. The van der Waals surface area contributed by atoms with Crippen molar-refractivity contribution in [3.8, 4) is 0 Å². The molecule has 4 rings (SSSR count). The maximum atomic E-state index is 6.44. The second-order valence-electron chi connectivity index (χ2n) is 6.01. The predicted octanol–water partition coefficient (Wildman–Crippen LogP) is 2.74. The van der Waals surface area contributed by atoms with E-state index in [1.54, 1.807) is 6.33 Å². The Kier molecular flexibility index (Phi) is 3.33. The van der Waals surface area contributed by atoms with Gasteiger partial charge in [0.15, 0.2) is 11.6 Å². The lowest BCUT2D eigenvalue weighted by Crippen LogP contribution is -2.31. The van der Waals surface area contributed by atoms with Gasteiger partial charge in [0.2, 0.25) is 0 Å². The molecule has 0 aliphatic carbocycles. The minimum Gasteiger partial charge on any atom is -0.393 e. The van der Waals surface area contributed by atoms with E-state index >= 15 is 0 Å². The molecule has 1 saturated heterocycles. The van der Waals surface area contributed by atoms with Crippen LogP contribution in [0.15, 0.2) is 30.6 Å². The Morgan fingerprint density at radius 3 is 2.55 bits per heavy atom. The minimum absolute atomic E-state index is 0.709. The standard InChI is InChI=1S/C17H21N5/c18-15-16(21-9-4-1-5-10-21)19-12-20-17(15)22-11-8-13-6-2-3-7-14(13)22/h2-3,6-7,12H,1,4-5,8-11,18H2. The molecule has 22 heavy (non-hydrogen) atoms. The van der Waals surface area contributed by atoms with Crippen LogP contribution < -0.4 is 15.5 Å². The first-order chi connectivity index (χ1) is 10.8. The summed E-state index contributed by atoms with van der Waals surface area (Å²) in [4.78, 5) is 13.5. The third kappa shape index (κ3) is 2.17. The number of fused-ring (bicyclic) bond motifs is 1. The first-order valence-electron chi connectivity index (χ1n) is 8.05. The van der Waals surface area contributed by atoms with E-state index in [-0.39, 0.29) is 0 Å². The molecule has 114 valence electrons. The summed E-state index contributed by atoms with van der Waals surface area (Å²) in [7, 11) is 0. The molecule has 2 N–H and O–H groups in total. The second-order valence-corrected chi connectivity index (χ2v) is 6.01. The molecular formula is C17H21N5. The molecule has 0 radical (unpaired) electrons. The molecule has 5 nitrogen and oxygen atoms in total. The monoisotopic (exact) mass is 295 g/mol. The zero-order chi connectivity index (χ0) is 14.9. The van der Waals surface area contributed by atoms with Crippen LogP contribution in [0.3, 0.4) is 0 Å². The van der Waals surface area contributed by atoms with Crippen LogP contribution in [-0.2, 0) is 6.42 Å². The molecule has 5 heteroatoms. The first kappa shape index (κ1) is 13.4. The minimum atomic E-state index is 0.709. The summed E-state index contributed by atoms with van der Waals surface area (Å²) in [6.07, 6.45) is 6.42. The second kappa shape index (κ2) is 5.48. The van der Waals surface area contributed by atoms with Crippen LogP contribution in [-0.4, -0.2) is 29.6 Å². The van der Waals surface area contributed by atoms with Crippen molar-refractivity contribution >= 4 is 23.0 Å². The van der Waals surface area contributed by atoms with Gasteiger partial charge in [0.25, 0.3) is 0 Å². The summed E-state index contributed by atoms with van der Waals surface area (Å²) in [6, 6.07) is 8.48. The molecule has 1 fully saturated rings. The van der Waals surface area contributed by atoms with Crippen LogP contribution in [0, 0.1) is 0 Å². The van der Waals surface area contributed by atoms with Gasteiger partial charge in [0.1, 0.15) is 12.0 Å². The molecule has 0 atom stereocenters. The molecule has 0 bridgehead atoms. The van der Waals surface area contributed by atoms with Crippen LogP contribution in [0.2, 0.25) is 0 Å². The number of nitrogens with two attached hydrogens (primary N) is 1. The van der Waals surface area contributed by atoms with E-state index in [1.165, 1.54) is 30.5 Å². The number of hydrogen-bond donors (Lipinski definition) is 1. The van der Waals surface area contributed by atoms with Gasteiger partial charge in [0.05, 0.1) is 0 Å². The van der Waals surface area contributed by atoms with Crippen molar-refractivity contribution in [1.29, 1.82) is 0 Å². The van der Waals surface area contributed by atoms with Crippen molar-refractivity contribution < 1.29 is 0 Å². The number of para-hydroxylation sites is 1. The summed E-state index contributed by atoms with van der Waals surface area (Å²) in [5.74, 6) is 1.75. The predicted molar refractivity (Wildman–Crippen MR) is 89.7 cm³/mol. The molecule has 1 aromatic heterocycles. The molecule has 1 aromatic carbocycles. The van der Waals surface area contributed by atoms with E-state index in [9.17, 15) is 0 Å². The number of rotatable bonds is 2. The Hall–Kier alpha value is -2.30. The molecule has 3 heterocycles. The van der Waals surface area contributed by atoms with Crippen LogP contribution >= 0.6 is 0 Å². The molecule has 0 saturated carbocycles.